The fraction of sp³-hybridized carbons (Fsp3) is 0.481. The number of carbonyl (C=O) groups is 5. The Kier molecular flexibility index (Phi) is 30.3. The third kappa shape index (κ3) is 22.5. The van der Waals surface area contributed by atoms with Crippen LogP contribution in [0.5, 0.6) is 0 Å². The van der Waals surface area contributed by atoms with Crippen LogP contribution >= 0.6 is 0 Å². The summed E-state index contributed by atoms with van der Waals surface area (Å²) in [5.74, 6) is -20.7. The molecule has 4 unspecified atom stereocenters. The van der Waals surface area contributed by atoms with Crippen LogP contribution in [-0.2, 0) is 89.2 Å². The number of carbonyl (C=O) groups excluding carboxylic acids is 5. The number of alkyl halides is 8. The van der Waals surface area contributed by atoms with Crippen molar-refractivity contribution in [3.05, 3.63) is 182 Å². The molecule has 0 N–H and O–H groups in total. The van der Waals surface area contributed by atoms with Crippen molar-refractivity contribution in [2.75, 3.05) is 26.4 Å². The number of hydrogen-bond acceptors (Lipinski definition) is 16. The van der Waals surface area contributed by atoms with E-state index in [0.717, 1.165) is 12.8 Å². The van der Waals surface area contributed by atoms with Gasteiger partial charge < -0.3 is 60.1 Å². The third-order valence-corrected chi connectivity index (χ3v) is 24.8. The quantitative estimate of drug-likeness (QED) is 0.00802. The van der Waals surface area contributed by atoms with Gasteiger partial charge in [-0.3, -0.25) is 9.59 Å². The summed E-state index contributed by atoms with van der Waals surface area (Å²) < 4.78 is 172. The molecule has 0 aliphatic heterocycles. The molecule has 108 heavy (non-hydrogen) atoms. The molecule has 4 atom stereocenters. The first-order valence-corrected chi connectivity index (χ1v) is 38.7. The molecule has 582 valence electrons. The molecule has 0 heterocycles. The Morgan fingerprint density at radius 3 is 0.944 bits per heavy atom. The van der Waals surface area contributed by atoms with E-state index in [-0.39, 0.29) is 118 Å². The molecule has 0 spiro atoms. The van der Waals surface area contributed by atoms with Crippen LogP contribution < -0.4 is 51.8 Å². The molecule has 8 saturated carbocycles. The first-order valence-electron chi connectivity index (χ1n) is 34.9. The fourth-order valence-corrected chi connectivity index (χ4v) is 20.7. The molecule has 0 saturated heterocycles. The topological polar surface area (TPSA) is 230 Å². The molecule has 8 aliphatic rings. The third-order valence-electron chi connectivity index (χ3n) is 19.4. The number of benzene rings is 6. The van der Waals surface area contributed by atoms with Gasteiger partial charge in [0.15, 0.2) is 39.5 Å². The molecular weight excluding hydrogens is 1560 g/mol. The maximum atomic E-state index is 13.8. The number of hydrogen-bond donors (Lipinski definition) is 0. The summed E-state index contributed by atoms with van der Waals surface area (Å²) in [6, 6.07) is 64.3. The second-order valence-corrected chi connectivity index (χ2v) is 35.7. The average molecular weight is 1640 g/mol. The van der Waals surface area contributed by atoms with Crippen molar-refractivity contribution in [3.8, 4) is 0 Å². The zero-order valence-corrected chi connectivity index (χ0v) is 67.1. The summed E-state index contributed by atoms with van der Waals surface area (Å²) in [4.78, 5) is 71.5. The van der Waals surface area contributed by atoms with Crippen molar-refractivity contribution in [3.63, 3.8) is 0 Å². The van der Waals surface area contributed by atoms with Crippen molar-refractivity contribution in [2.45, 2.75) is 206 Å². The molecule has 6 aromatic carbocycles. The molecule has 8 bridgehead atoms. The van der Waals surface area contributed by atoms with Crippen LogP contribution in [0.2, 0.25) is 0 Å². The van der Waals surface area contributed by atoms with Gasteiger partial charge in [-0.25, -0.2) is 22.8 Å². The van der Waals surface area contributed by atoms with Crippen LogP contribution in [0.3, 0.4) is 0 Å². The van der Waals surface area contributed by atoms with Crippen molar-refractivity contribution in [1.82, 2.24) is 0 Å². The first kappa shape index (κ1) is 89.3. The maximum absolute atomic E-state index is 13.8. The summed E-state index contributed by atoms with van der Waals surface area (Å²) in [6.07, 6.45) is 2.91. The van der Waals surface area contributed by atoms with Crippen LogP contribution in [0.1, 0.15) is 131 Å². The van der Waals surface area contributed by atoms with Gasteiger partial charge in [-0.05, 0) is 215 Å². The molecule has 0 amide bonds. The molecular formula is C79H88BrF8NaO16S3. The number of halogens is 9. The van der Waals surface area contributed by atoms with Gasteiger partial charge in [0.1, 0.15) is 24.4 Å². The Hall–Kier alpha value is -5.92. The Bertz CT molecular complexity index is 3720. The molecule has 6 aromatic rings. The van der Waals surface area contributed by atoms with E-state index in [1.54, 1.807) is 41.5 Å². The van der Waals surface area contributed by atoms with Gasteiger partial charge >= 0.3 is 82.4 Å². The summed E-state index contributed by atoms with van der Waals surface area (Å²) in [5.41, 5.74) is -5.01. The largest absolute Gasteiger partial charge is 1.00 e. The van der Waals surface area contributed by atoms with E-state index in [2.05, 4.69) is 187 Å². The molecule has 14 rings (SSSR count). The van der Waals surface area contributed by atoms with Gasteiger partial charge in [0.2, 0.25) is 0 Å². The van der Waals surface area contributed by atoms with E-state index >= 15 is 0 Å². The minimum Gasteiger partial charge on any atom is -1.00 e. The monoisotopic (exact) mass is 1640 g/mol. The SMILES string of the molecule is CC(C)(C)OC(=O)COC12CC3CC(C1)CC(C(=O)OCCC(F)(F)C(F)(F)C(=O)O[O-])(C3)C2.CC(C)(C)OC(=O)COC12CC3CC(C1)CC(C(=O)OCCC(F)(F)C(F)(F)S(=O)(=O)[O-])(C3)C2.[Br-].[Na+].c1ccc([S+](c2ccccc2)c2ccccc2)cc1.c1ccc([S+](c2ccccc2)c2ccccc2)cc1. The van der Waals surface area contributed by atoms with E-state index in [1.807, 2.05) is 0 Å². The Balaban J connectivity index is 0.000000206. The van der Waals surface area contributed by atoms with Crippen LogP contribution in [0, 0.1) is 34.5 Å². The van der Waals surface area contributed by atoms with Crippen molar-refractivity contribution < 1.29 is 157 Å². The summed E-state index contributed by atoms with van der Waals surface area (Å²) in [7, 11) is -6.64. The van der Waals surface area contributed by atoms with E-state index in [1.165, 1.54) is 29.4 Å². The first-order chi connectivity index (χ1) is 49.7. The summed E-state index contributed by atoms with van der Waals surface area (Å²) in [6.45, 7) is 7.46. The summed E-state index contributed by atoms with van der Waals surface area (Å²) in [5, 5.41) is 4.04. The van der Waals surface area contributed by atoms with Crippen molar-refractivity contribution >= 4 is 61.8 Å². The van der Waals surface area contributed by atoms with Gasteiger partial charge in [-0.2, -0.15) is 35.1 Å². The zero-order chi connectivity index (χ0) is 77.2. The van der Waals surface area contributed by atoms with E-state index in [9.17, 15) is 77.3 Å². The second-order valence-electron chi connectivity index (χ2n) is 30.2. The van der Waals surface area contributed by atoms with Crippen LogP contribution in [-0.4, -0.2) is 115 Å². The van der Waals surface area contributed by atoms with E-state index < -0.39 is 122 Å². The maximum Gasteiger partial charge on any atom is 1.00 e. The van der Waals surface area contributed by atoms with Crippen LogP contribution in [0.15, 0.2) is 211 Å². The van der Waals surface area contributed by atoms with Crippen LogP contribution in [0.4, 0.5) is 35.1 Å². The zero-order valence-electron chi connectivity index (χ0n) is 61.0. The van der Waals surface area contributed by atoms with Gasteiger partial charge in [0.05, 0.1) is 69.9 Å². The van der Waals surface area contributed by atoms with Gasteiger partial charge in [0.25, 0.3) is 0 Å². The predicted molar refractivity (Wildman–Crippen MR) is 373 cm³/mol. The Labute approximate surface area is 663 Å². The van der Waals surface area contributed by atoms with E-state index in [4.69, 9.17) is 28.4 Å². The second kappa shape index (κ2) is 36.7. The number of rotatable bonds is 24. The van der Waals surface area contributed by atoms with Crippen molar-refractivity contribution in [2.24, 2.45) is 34.5 Å². The molecule has 0 aromatic heterocycles. The molecule has 0 radical (unpaired) electrons. The van der Waals surface area contributed by atoms with Gasteiger partial charge in [-0.15, -0.1) is 0 Å². The van der Waals surface area contributed by atoms with Gasteiger partial charge in [0, 0.05) is 0 Å². The molecule has 16 nitrogen and oxygen atoms in total. The fourth-order valence-electron chi connectivity index (χ4n) is 16.0. The average Bonchev–Trinajstić information content (AvgIpc) is 0.723. The predicted octanol–water partition coefficient (Wildman–Crippen LogP) is 9.67. The van der Waals surface area contributed by atoms with Gasteiger partial charge in [-0.1, -0.05) is 109 Å². The van der Waals surface area contributed by atoms with Crippen LogP contribution in [0.25, 0.3) is 0 Å². The molecule has 8 fully saturated rings. The van der Waals surface area contributed by atoms with E-state index in [0.29, 0.717) is 51.4 Å². The molecule has 8 aliphatic carbocycles. The number of esters is 4. The number of ether oxygens (including phenoxy) is 6. The standard InChI is InChI=1S/C22H30F4O8.C21H30F4O8S.2C18H15S.BrH.Na/c1-18(2,3)33-15(27)11-32-20-9-13-6-14(10-20)8-19(7-13,12-20)16(28)31-5-4-21(23,24)22(25,26)17(29)34-30;1-17(2,3)33-15(26)11-32-19-9-13-6-14(10-19)8-18(7-13,12-19)16(27)31-5-4-20(22,23)21(24,25)34(28,29)30;2*1-4-10-16(11-5-1)19(17-12-6-2-7-13-17)18-14-8-3-9-15-18;;/h13-14,30H,4-12H2,1-3H3;13-14H,4-12H2,1-3H3,(H,28,29,30);2*1-15H;1H;/q;;2*+1;;+1/p-3. The minimum atomic E-state index is -6.61. The van der Waals surface area contributed by atoms with Crippen molar-refractivity contribution in [1.29, 1.82) is 0 Å². The Morgan fingerprint density at radius 2 is 0.704 bits per heavy atom. The summed E-state index contributed by atoms with van der Waals surface area (Å²) >= 11 is 0. The smallest absolute Gasteiger partial charge is 1.00 e. The molecule has 29 heteroatoms. The minimum absolute atomic E-state index is 0. The Morgan fingerprint density at radius 1 is 0.444 bits per heavy atom. The normalized spacial score (nSPS) is 23.3.